The molecule has 0 radical (unpaired) electrons. The molecular weight excluding hydrogens is 404 g/mol. The van der Waals surface area contributed by atoms with Gasteiger partial charge in [0.25, 0.3) is 11.1 Å². The lowest BCUT2D eigenvalue weighted by Crippen LogP contribution is -2.36. The molecule has 154 valence electrons. The molecule has 1 saturated heterocycles. The summed E-state index contributed by atoms with van der Waals surface area (Å²) in [6.07, 6.45) is 1.35. The second-order valence-corrected chi connectivity index (χ2v) is 7.75. The van der Waals surface area contributed by atoms with Crippen molar-refractivity contribution < 1.29 is 23.9 Å². The van der Waals surface area contributed by atoms with Crippen LogP contribution >= 0.6 is 11.8 Å². The Hall–Kier alpha value is -3.39. The largest absolute Gasteiger partial charge is 0.459 e. The normalized spacial score (nSPS) is 15.0. The summed E-state index contributed by atoms with van der Waals surface area (Å²) in [5, 5.41) is 2.09. The van der Waals surface area contributed by atoms with E-state index >= 15 is 0 Å². The summed E-state index contributed by atoms with van der Waals surface area (Å²) in [7, 11) is 0. The molecule has 1 aliphatic heterocycles. The third-order valence-electron chi connectivity index (χ3n) is 4.00. The number of carbonyl (C=O) groups excluding carboxylic acids is 4. The van der Waals surface area contributed by atoms with E-state index in [4.69, 9.17) is 4.74 Å². The van der Waals surface area contributed by atoms with Gasteiger partial charge in [0.05, 0.1) is 16.6 Å². The van der Waals surface area contributed by atoms with Crippen LogP contribution in [0, 0.1) is 0 Å². The molecule has 0 bridgehead atoms. The van der Waals surface area contributed by atoms with E-state index in [1.54, 1.807) is 38.1 Å². The van der Waals surface area contributed by atoms with Crippen molar-refractivity contribution in [1.29, 1.82) is 0 Å². The first kappa shape index (κ1) is 21.3. The van der Waals surface area contributed by atoms with Gasteiger partial charge in [0, 0.05) is 5.69 Å². The van der Waals surface area contributed by atoms with Crippen molar-refractivity contribution in [2.75, 3.05) is 11.9 Å². The summed E-state index contributed by atoms with van der Waals surface area (Å²) in [4.78, 5) is 50.3. The zero-order chi connectivity index (χ0) is 21.7. The van der Waals surface area contributed by atoms with Crippen LogP contribution in [-0.4, -0.2) is 40.6 Å². The number of rotatable bonds is 6. The molecule has 1 N–H and O–H groups in total. The van der Waals surface area contributed by atoms with Gasteiger partial charge in [-0.1, -0.05) is 36.4 Å². The smallest absolute Gasteiger partial charge is 0.338 e. The number of nitrogens with zero attached hydrogens (tertiary/aromatic N) is 1. The van der Waals surface area contributed by atoms with E-state index in [0.29, 0.717) is 11.3 Å². The highest BCUT2D eigenvalue weighted by Crippen LogP contribution is 2.32. The SMILES string of the molecule is CC(C)OC(=O)c1cccc(NC(=O)CN2C(=O)S/C(=C/c3ccccc3)C2=O)c1. The molecule has 0 spiro atoms. The molecule has 2 aromatic rings. The van der Waals surface area contributed by atoms with E-state index in [0.717, 1.165) is 22.2 Å². The molecule has 1 aliphatic rings. The molecule has 8 heteroatoms. The van der Waals surface area contributed by atoms with Gasteiger partial charge in [0.1, 0.15) is 6.54 Å². The van der Waals surface area contributed by atoms with Crippen LogP contribution in [0.2, 0.25) is 0 Å². The van der Waals surface area contributed by atoms with Crippen LogP contribution in [0.5, 0.6) is 0 Å². The standard InChI is InChI=1S/C22H20N2O5S/c1-14(2)29-21(27)16-9-6-10-17(12-16)23-19(25)13-24-20(26)18(30-22(24)28)11-15-7-4-3-5-8-15/h3-12,14H,13H2,1-2H3,(H,23,25)/b18-11+. The van der Waals surface area contributed by atoms with Crippen molar-refractivity contribution in [3.8, 4) is 0 Å². The zero-order valence-electron chi connectivity index (χ0n) is 16.5. The molecule has 1 heterocycles. The predicted octanol–water partition coefficient (Wildman–Crippen LogP) is 3.93. The number of ether oxygens (including phenoxy) is 1. The van der Waals surface area contributed by atoms with Crippen LogP contribution < -0.4 is 5.32 Å². The van der Waals surface area contributed by atoms with Gasteiger partial charge in [0.15, 0.2) is 0 Å². The Balaban J connectivity index is 1.65. The number of carbonyl (C=O) groups is 4. The molecular formula is C22H20N2O5S. The average molecular weight is 424 g/mol. The van der Waals surface area contributed by atoms with Crippen LogP contribution in [0.3, 0.4) is 0 Å². The molecule has 3 amide bonds. The number of nitrogens with one attached hydrogen (secondary N) is 1. The molecule has 30 heavy (non-hydrogen) atoms. The van der Waals surface area contributed by atoms with Crippen molar-refractivity contribution in [2.24, 2.45) is 0 Å². The van der Waals surface area contributed by atoms with Gasteiger partial charge in [-0.25, -0.2) is 4.79 Å². The predicted molar refractivity (Wildman–Crippen MR) is 115 cm³/mol. The Morgan fingerprint density at radius 2 is 1.83 bits per heavy atom. The summed E-state index contributed by atoms with van der Waals surface area (Å²) < 4.78 is 5.13. The highest BCUT2D eigenvalue weighted by atomic mass is 32.2. The monoisotopic (exact) mass is 424 g/mol. The zero-order valence-corrected chi connectivity index (χ0v) is 17.3. The Bertz CT molecular complexity index is 1020. The first-order valence-electron chi connectivity index (χ1n) is 9.25. The quantitative estimate of drug-likeness (QED) is 0.558. The van der Waals surface area contributed by atoms with Crippen LogP contribution in [0.1, 0.15) is 29.8 Å². The van der Waals surface area contributed by atoms with Gasteiger partial charge in [-0.15, -0.1) is 0 Å². The molecule has 0 unspecified atom stereocenters. The van der Waals surface area contributed by atoms with Crippen LogP contribution in [-0.2, 0) is 14.3 Å². The van der Waals surface area contributed by atoms with E-state index < -0.39 is 29.6 Å². The number of amides is 3. The lowest BCUT2D eigenvalue weighted by atomic mass is 10.2. The van der Waals surface area contributed by atoms with Gasteiger partial charge >= 0.3 is 5.97 Å². The first-order valence-corrected chi connectivity index (χ1v) is 10.1. The van der Waals surface area contributed by atoms with Crippen LogP contribution in [0.4, 0.5) is 10.5 Å². The van der Waals surface area contributed by atoms with Gasteiger partial charge < -0.3 is 10.1 Å². The van der Waals surface area contributed by atoms with E-state index in [1.807, 2.05) is 30.3 Å². The number of benzene rings is 2. The highest BCUT2D eigenvalue weighted by Gasteiger charge is 2.36. The molecule has 3 rings (SSSR count). The van der Waals surface area contributed by atoms with Crippen LogP contribution in [0.25, 0.3) is 6.08 Å². The lowest BCUT2D eigenvalue weighted by Gasteiger charge is -2.13. The van der Waals surface area contributed by atoms with E-state index in [2.05, 4.69) is 5.32 Å². The minimum absolute atomic E-state index is 0.262. The summed E-state index contributed by atoms with van der Waals surface area (Å²) >= 11 is 0.794. The number of hydrogen-bond acceptors (Lipinski definition) is 6. The number of anilines is 1. The Morgan fingerprint density at radius 3 is 2.53 bits per heavy atom. The lowest BCUT2D eigenvalue weighted by molar-refractivity contribution is -0.127. The second-order valence-electron chi connectivity index (χ2n) is 6.76. The van der Waals surface area contributed by atoms with E-state index in [1.165, 1.54) is 6.07 Å². The van der Waals surface area contributed by atoms with Gasteiger partial charge in [0.2, 0.25) is 5.91 Å². The van der Waals surface area contributed by atoms with Crippen molar-refractivity contribution in [3.05, 3.63) is 70.6 Å². The third kappa shape index (κ3) is 5.36. The number of esters is 1. The number of thioether (sulfide) groups is 1. The maximum Gasteiger partial charge on any atom is 0.338 e. The average Bonchev–Trinajstić information content (AvgIpc) is 2.96. The summed E-state index contributed by atoms with van der Waals surface area (Å²) in [5.74, 6) is -1.57. The third-order valence-corrected chi connectivity index (χ3v) is 4.90. The molecule has 7 nitrogen and oxygen atoms in total. The summed E-state index contributed by atoms with van der Waals surface area (Å²) in [6, 6.07) is 15.4. The Labute approximate surface area is 178 Å². The van der Waals surface area contributed by atoms with Crippen molar-refractivity contribution >= 4 is 46.5 Å². The highest BCUT2D eigenvalue weighted by molar-refractivity contribution is 8.18. The maximum atomic E-state index is 12.5. The maximum absolute atomic E-state index is 12.5. The fourth-order valence-corrected chi connectivity index (χ4v) is 3.53. The van der Waals surface area contributed by atoms with Crippen molar-refractivity contribution in [2.45, 2.75) is 20.0 Å². The van der Waals surface area contributed by atoms with Crippen molar-refractivity contribution in [1.82, 2.24) is 4.90 Å². The Kier molecular flexibility index (Phi) is 6.68. The molecule has 2 aromatic carbocycles. The molecule has 0 atom stereocenters. The first-order chi connectivity index (χ1) is 14.3. The van der Waals surface area contributed by atoms with E-state index in [-0.39, 0.29) is 11.0 Å². The second kappa shape index (κ2) is 9.41. The van der Waals surface area contributed by atoms with E-state index in [9.17, 15) is 19.2 Å². The van der Waals surface area contributed by atoms with Gasteiger partial charge in [-0.05, 0) is 55.4 Å². The van der Waals surface area contributed by atoms with Crippen LogP contribution in [0.15, 0.2) is 59.5 Å². The van der Waals surface area contributed by atoms with Crippen molar-refractivity contribution in [3.63, 3.8) is 0 Å². The number of hydrogen-bond donors (Lipinski definition) is 1. The molecule has 0 aliphatic carbocycles. The fraction of sp³-hybridized carbons (Fsp3) is 0.182. The summed E-state index contributed by atoms with van der Waals surface area (Å²) in [5.41, 5.74) is 1.45. The molecule has 0 aromatic heterocycles. The van der Waals surface area contributed by atoms with Gasteiger partial charge in [-0.2, -0.15) is 0 Å². The minimum atomic E-state index is -0.548. The number of imide groups is 1. The fourth-order valence-electron chi connectivity index (χ4n) is 2.69. The molecule has 0 saturated carbocycles. The topological polar surface area (TPSA) is 92.8 Å². The Morgan fingerprint density at radius 1 is 1.10 bits per heavy atom. The van der Waals surface area contributed by atoms with Gasteiger partial charge in [-0.3, -0.25) is 19.3 Å². The minimum Gasteiger partial charge on any atom is -0.459 e. The molecule has 1 fully saturated rings. The summed E-state index contributed by atoms with van der Waals surface area (Å²) in [6.45, 7) is 3.07.